The van der Waals surface area contributed by atoms with E-state index in [1.165, 1.54) is 0 Å². The van der Waals surface area contributed by atoms with Crippen LogP contribution in [0.25, 0.3) is 11.3 Å². The van der Waals surface area contributed by atoms with E-state index >= 15 is 0 Å². The summed E-state index contributed by atoms with van der Waals surface area (Å²) in [6.07, 6.45) is 1.65. The van der Waals surface area contributed by atoms with Crippen LogP contribution in [0.5, 0.6) is 11.5 Å². The first-order valence-corrected chi connectivity index (χ1v) is 8.65. The monoisotopic (exact) mass is 376 g/mol. The molecule has 0 aliphatic heterocycles. The molecule has 0 aliphatic rings. The number of hydrogen-bond acceptors (Lipinski definition) is 5. The van der Waals surface area contributed by atoms with Gasteiger partial charge in [0, 0.05) is 11.3 Å². The average molecular weight is 376 g/mol. The van der Waals surface area contributed by atoms with Gasteiger partial charge in [0.25, 0.3) is 5.91 Å². The first-order chi connectivity index (χ1) is 13.7. The van der Waals surface area contributed by atoms with Crippen LogP contribution in [0.1, 0.15) is 16.2 Å². The Kier molecular flexibility index (Phi) is 6.26. The van der Waals surface area contributed by atoms with E-state index in [1.807, 2.05) is 43.3 Å². The largest absolute Gasteiger partial charge is 0.497 e. The molecule has 0 aliphatic carbocycles. The van der Waals surface area contributed by atoms with E-state index in [0.29, 0.717) is 17.1 Å². The van der Waals surface area contributed by atoms with Crippen molar-refractivity contribution >= 4 is 5.91 Å². The molecule has 3 rings (SSSR count). The van der Waals surface area contributed by atoms with Gasteiger partial charge in [0.15, 0.2) is 0 Å². The van der Waals surface area contributed by atoms with Crippen molar-refractivity contribution in [2.45, 2.75) is 6.92 Å². The molecule has 2 N–H and O–H groups in total. The standard InChI is InChI=1S/C21H20N4O3/c1-15-8-9-18(14-23-15)28-11-4-3-10-22-21(26)20-13-19(24-25-20)16-6-5-7-17(12-16)27-2/h5-9,12-14H,10-11H2,1-2H3,(H,22,26)(H,24,25). The molecule has 7 heteroatoms. The van der Waals surface area contributed by atoms with Crippen LogP contribution in [0, 0.1) is 18.8 Å². The molecule has 0 unspecified atom stereocenters. The highest BCUT2D eigenvalue weighted by Crippen LogP contribution is 2.22. The lowest BCUT2D eigenvalue weighted by atomic mass is 10.1. The summed E-state index contributed by atoms with van der Waals surface area (Å²) in [5, 5.41) is 9.63. The maximum atomic E-state index is 12.2. The Morgan fingerprint density at radius 2 is 2.07 bits per heavy atom. The highest BCUT2D eigenvalue weighted by molar-refractivity contribution is 5.93. The number of amides is 1. The maximum absolute atomic E-state index is 12.2. The molecule has 3 aromatic rings. The molecule has 2 aromatic heterocycles. The topological polar surface area (TPSA) is 89.1 Å². The van der Waals surface area contributed by atoms with E-state index in [0.717, 1.165) is 17.0 Å². The summed E-state index contributed by atoms with van der Waals surface area (Å²) < 4.78 is 10.7. The smallest absolute Gasteiger partial charge is 0.270 e. The first kappa shape index (κ1) is 19.0. The van der Waals surface area contributed by atoms with Crippen molar-refractivity contribution in [1.82, 2.24) is 20.5 Å². The van der Waals surface area contributed by atoms with Gasteiger partial charge in [-0.05, 0) is 37.3 Å². The lowest BCUT2D eigenvalue weighted by Crippen LogP contribution is -2.24. The summed E-state index contributed by atoms with van der Waals surface area (Å²) in [5.41, 5.74) is 2.81. The van der Waals surface area contributed by atoms with Gasteiger partial charge in [-0.2, -0.15) is 5.10 Å². The Balaban J connectivity index is 1.48. The number of H-pyrrole nitrogens is 1. The number of nitrogens with zero attached hydrogens (tertiary/aromatic N) is 2. The second kappa shape index (κ2) is 9.24. The van der Waals surface area contributed by atoms with E-state index in [9.17, 15) is 4.79 Å². The molecule has 1 aromatic carbocycles. The number of carbonyl (C=O) groups excluding carboxylic acids is 1. The normalized spacial score (nSPS) is 9.93. The Morgan fingerprint density at radius 3 is 2.86 bits per heavy atom. The van der Waals surface area contributed by atoms with Gasteiger partial charge in [-0.15, -0.1) is 0 Å². The van der Waals surface area contributed by atoms with Gasteiger partial charge in [-0.25, -0.2) is 0 Å². The van der Waals surface area contributed by atoms with Crippen molar-refractivity contribution in [3.05, 3.63) is 60.0 Å². The molecular weight excluding hydrogens is 356 g/mol. The third-order valence-electron chi connectivity index (χ3n) is 3.85. The van der Waals surface area contributed by atoms with Gasteiger partial charge in [-0.1, -0.05) is 24.0 Å². The molecule has 0 fully saturated rings. The Labute approximate surface area is 163 Å². The molecule has 2 heterocycles. The summed E-state index contributed by atoms with van der Waals surface area (Å²) in [6.45, 7) is 2.35. The molecule has 0 bridgehead atoms. The van der Waals surface area contributed by atoms with E-state index in [1.54, 1.807) is 19.4 Å². The summed E-state index contributed by atoms with van der Waals surface area (Å²) in [4.78, 5) is 16.3. The minimum Gasteiger partial charge on any atom is -0.497 e. The van der Waals surface area contributed by atoms with Crippen LogP contribution in [0.2, 0.25) is 0 Å². The molecule has 7 nitrogen and oxygen atoms in total. The number of rotatable bonds is 6. The number of hydrogen-bond donors (Lipinski definition) is 2. The fourth-order valence-corrected chi connectivity index (χ4v) is 2.36. The fraction of sp³-hybridized carbons (Fsp3) is 0.190. The predicted molar refractivity (Wildman–Crippen MR) is 105 cm³/mol. The van der Waals surface area contributed by atoms with Crippen LogP contribution in [-0.2, 0) is 0 Å². The van der Waals surface area contributed by atoms with Crippen LogP contribution in [-0.4, -0.2) is 41.3 Å². The van der Waals surface area contributed by atoms with Crippen molar-refractivity contribution < 1.29 is 14.3 Å². The number of aromatic amines is 1. The number of nitrogens with one attached hydrogen (secondary N) is 2. The van der Waals surface area contributed by atoms with Crippen molar-refractivity contribution in [3.8, 4) is 34.6 Å². The van der Waals surface area contributed by atoms with Crippen LogP contribution in [0.3, 0.4) is 0 Å². The van der Waals surface area contributed by atoms with E-state index < -0.39 is 0 Å². The van der Waals surface area contributed by atoms with Crippen LogP contribution < -0.4 is 14.8 Å². The SMILES string of the molecule is COc1cccc(-c2cc(C(=O)NCC#CCOc3ccc(C)nc3)[nH]n2)c1. The van der Waals surface area contributed by atoms with E-state index in [4.69, 9.17) is 9.47 Å². The van der Waals surface area contributed by atoms with Gasteiger partial charge >= 0.3 is 0 Å². The van der Waals surface area contributed by atoms with E-state index in [2.05, 4.69) is 32.3 Å². The van der Waals surface area contributed by atoms with Gasteiger partial charge < -0.3 is 14.8 Å². The Morgan fingerprint density at radius 1 is 1.18 bits per heavy atom. The summed E-state index contributed by atoms with van der Waals surface area (Å²) in [6, 6.07) is 12.9. The number of aromatic nitrogens is 3. The zero-order valence-electron chi connectivity index (χ0n) is 15.7. The third-order valence-corrected chi connectivity index (χ3v) is 3.85. The molecule has 0 saturated carbocycles. The van der Waals surface area contributed by atoms with Crippen molar-refractivity contribution in [3.63, 3.8) is 0 Å². The second-order valence-corrected chi connectivity index (χ2v) is 5.86. The molecule has 0 atom stereocenters. The summed E-state index contributed by atoms with van der Waals surface area (Å²) >= 11 is 0. The van der Waals surface area contributed by atoms with Gasteiger partial charge in [-0.3, -0.25) is 14.9 Å². The number of ether oxygens (including phenoxy) is 2. The van der Waals surface area contributed by atoms with Crippen molar-refractivity contribution in [1.29, 1.82) is 0 Å². The van der Waals surface area contributed by atoms with Crippen molar-refractivity contribution in [2.24, 2.45) is 0 Å². The van der Waals surface area contributed by atoms with E-state index in [-0.39, 0.29) is 19.1 Å². The zero-order chi connectivity index (χ0) is 19.8. The summed E-state index contributed by atoms with van der Waals surface area (Å²) in [5.74, 6) is 6.80. The zero-order valence-corrected chi connectivity index (χ0v) is 15.7. The quantitative estimate of drug-likeness (QED) is 0.646. The van der Waals surface area contributed by atoms with Crippen LogP contribution in [0.15, 0.2) is 48.7 Å². The van der Waals surface area contributed by atoms with Gasteiger partial charge in [0.1, 0.15) is 23.8 Å². The van der Waals surface area contributed by atoms with Crippen LogP contribution in [0.4, 0.5) is 0 Å². The number of pyridine rings is 1. The molecule has 0 saturated heterocycles. The molecule has 28 heavy (non-hydrogen) atoms. The van der Waals surface area contributed by atoms with Gasteiger partial charge in [0.2, 0.25) is 0 Å². The molecule has 0 radical (unpaired) electrons. The number of aryl methyl sites for hydroxylation is 1. The van der Waals surface area contributed by atoms with Crippen molar-refractivity contribution in [2.75, 3.05) is 20.3 Å². The fourth-order valence-electron chi connectivity index (χ4n) is 2.36. The first-order valence-electron chi connectivity index (χ1n) is 8.65. The molecular formula is C21H20N4O3. The third kappa shape index (κ3) is 5.11. The maximum Gasteiger partial charge on any atom is 0.270 e. The predicted octanol–water partition coefficient (Wildman–Crippen LogP) is 2.60. The molecule has 142 valence electrons. The second-order valence-electron chi connectivity index (χ2n) is 5.86. The number of carbonyl (C=O) groups is 1. The summed E-state index contributed by atoms with van der Waals surface area (Å²) in [7, 11) is 1.60. The Hall–Kier alpha value is -3.79. The number of methoxy groups -OCH3 is 1. The van der Waals surface area contributed by atoms with Gasteiger partial charge in [0.05, 0.1) is 25.5 Å². The molecule has 0 spiro atoms. The highest BCUT2D eigenvalue weighted by Gasteiger charge is 2.10. The molecule has 1 amide bonds. The average Bonchev–Trinajstić information content (AvgIpc) is 3.22. The highest BCUT2D eigenvalue weighted by atomic mass is 16.5. The van der Waals surface area contributed by atoms with Crippen LogP contribution >= 0.6 is 0 Å². The lowest BCUT2D eigenvalue weighted by Gasteiger charge is -2.01. The minimum absolute atomic E-state index is 0.210. The number of benzene rings is 1. The minimum atomic E-state index is -0.278. The lowest BCUT2D eigenvalue weighted by molar-refractivity contribution is 0.0953. The Bertz CT molecular complexity index is 1000.